The molecule has 1 spiro atoms. The molecule has 3 aliphatic rings. The van der Waals surface area contributed by atoms with Gasteiger partial charge in [0.2, 0.25) is 5.91 Å². The van der Waals surface area contributed by atoms with E-state index < -0.39 is 17.4 Å². The minimum atomic E-state index is -0.704. The highest BCUT2D eigenvalue weighted by Crippen LogP contribution is 2.52. The lowest BCUT2D eigenvalue weighted by Crippen LogP contribution is -2.40. The summed E-state index contributed by atoms with van der Waals surface area (Å²) in [5.74, 6) is -1.44. The van der Waals surface area contributed by atoms with Crippen LogP contribution in [-0.2, 0) is 19.1 Å². The molecule has 3 aliphatic heterocycles. The van der Waals surface area contributed by atoms with Gasteiger partial charge in [-0.1, -0.05) is 35.0 Å². The second-order valence-electron chi connectivity index (χ2n) is 6.47. The maximum absolute atomic E-state index is 13.0. The second kappa shape index (κ2) is 5.70. The fourth-order valence-electron chi connectivity index (χ4n) is 3.91. The van der Waals surface area contributed by atoms with Crippen LogP contribution in [-0.4, -0.2) is 36.7 Å². The summed E-state index contributed by atoms with van der Waals surface area (Å²) in [6, 6.07) is 7.57. The lowest BCUT2D eigenvalue weighted by molar-refractivity contribution is -0.152. The number of hydrogen-bond donors (Lipinski definition) is 0. The van der Waals surface area contributed by atoms with Gasteiger partial charge in [0.05, 0.1) is 25.2 Å². The van der Waals surface area contributed by atoms with Gasteiger partial charge < -0.3 is 14.4 Å². The number of amides is 1. The van der Waals surface area contributed by atoms with Gasteiger partial charge in [-0.25, -0.2) is 0 Å². The molecule has 6 heteroatoms. The van der Waals surface area contributed by atoms with Gasteiger partial charge in [0.1, 0.15) is 11.5 Å². The molecule has 4 atom stereocenters. The topological polar surface area (TPSA) is 55.8 Å². The first-order valence-corrected chi connectivity index (χ1v) is 8.96. The largest absolute Gasteiger partial charge is 0.465 e. The van der Waals surface area contributed by atoms with Gasteiger partial charge in [-0.05, 0) is 30.7 Å². The lowest BCUT2D eigenvalue weighted by Gasteiger charge is -2.22. The standard InChI is InChI=1S/C18H18BrNO4/c1-2-9-23-17(22)14-13-7-8-18(24-13)10-20(16(21)15(14)18)12-5-3-11(19)4-6-12/h3-8,13-15H,2,9-10H2,1H3/t13-,14+,15-,18-/m0/s1. The maximum Gasteiger partial charge on any atom is 0.312 e. The highest BCUT2D eigenvalue weighted by molar-refractivity contribution is 9.10. The number of carbonyl (C=O) groups excluding carboxylic acids is 2. The molecule has 0 unspecified atom stereocenters. The van der Waals surface area contributed by atoms with E-state index in [9.17, 15) is 9.59 Å². The molecular formula is C18H18BrNO4. The van der Waals surface area contributed by atoms with Crippen molar-refractivity contribution >= 4 is 33.5 Å². The normalized spacial score (nSPS) is 33.2. The number of hydrogen-bond acceptors (Lipinski definition) is 4. The molecule has 2 saturated heterocycles. The fourth-order valence-corrected chi connectivity index (χ4v) is 4.17. The van der Waals surface area contributed by atoms with Crippen molar-refractivity contribution in [2.45, 2.75) is 25.0 Å². The molecule has 24 heavy (non-hydrogen) atoms. The number of fused-ring (bicyclic) bond motifs is 1. The molecular weight excluding hydrogens is 374 g/mol. The Morgan fingerprint density at radius 3 is 2.88 bits per heavy atom. The predicted octanol–water partition coefficient (Wildman–Crippen LogP) is 2.69. The summed E-state index contributed by atoms with van der Waals surface area (Å²) in [6.07, 6.45) is 4.25. The van der Waals surface area contributed by atoms with Gasteiger partial charge in [0, 0.05) is 10.2 Å². The maximum atomic E-state index is 13.0. The number of nitrogens with zero attached hydrogens (tertiary/aromatic N) is 1. The zero-order valence-corrected chi connectivity index (χ0v) is 14.9. The summed E-state index contributed by atoms with van der Waals surface area (Å²) < 4.78 is 12.3. The molecule has 4 rings (SSSR count). The summed E-state index contributed by atoms with van der Waals surface area (Å²) in [5, 5.41) is 0. The van der Waals surface area contributed by atoms with Crippen molar-refractivity contribution in [2.75, 3.05) is 18.1 Å². The lowest BCUT2D eigenvalue weighted by atomic mass is 9.77. The van der Waals surface area contributed by atoms with Crippen molar-refractivity contribution in [3.05, 3.63) is 40.9 Å². The Morgan fingerprint density at radius 1 is 1.42 bits per heavy atom. The summed E-state index contributed by atoms with van der Waals surface area (Å²) in [4.78, 5) is 27.2. The Balaban J connectivity index is 1.64. The summed E-state index contributed by atoms with van der Waals surface area (Å²) in [6.45, 7) is 2.75. The molecule has 1 aromatic carbocycles. The van der Waals surface area contributed by atoms with E-state index in [4.69, 9.17) is 9.47 Å². The van der Waals surface area contributed by atoms with E-state index in [1.807, 2.05) is 43.3 Å². The van der Waals surface area contributed by atoms with Crippen LogP contribution >= 0.6 is 15.9 Å². The van der Waals surface area contributed by atoms with E-state index in [0.29, 0.717) is 13.2 Å². The Morgan fingerprint density at radius 2 is 2.17 bits per heavy atom. The molecule has 0 N–H and O–H groups in total. The zero-order valence-electron chi connectivity index (χ0n) is 13.3. The predicted molar refractivity (Wildman–Crippen MR) is 91.5 cm³/mol. The fraction of sp³-hybridized carbons (Fsp3) is 0.444. The number of halogens is 1. The molecule has 0 saturated carbocycles. The smallest absolute Gasteiger partial charge is 0.312 e. The van der Waals surface area contributed by atoms with Gasteiger partial charge in [0.25, 0.3) is 0 Å². The Bertz CT molecular complexity index is 716. The van der Waals surface area contributed by atoms with Gasteiger partial charge in [-0.3, -0.25) is 9.59 Å². The number of benzene rings is 1. The van der Waals surface area contributed by atoms with E-state index in [1.165, 1.54) is 0 Å². The van der Waals surface area contributed by atoms with Crippen molar-refractivity contribution in [3.63, 3.8) is 0 Å². The van der Waals surface area contributed by atoms with Crippen molar-refractivity contribution in [1.29, 1.82) is 0 Å². The van der Waals surface area contributed by atoms with Crippen molar-refractivity contribution in [2.24, 2.45) is 11.8 Å². The summed E-state index contributed by atoms with van der Waals surface area (Å²) in [7, 11) is 0. The average Bonchev–Trinajstić information content (AvgIpc) is 3.22. The third-order valence-corrected chi connectivity index (χ3v) is 5.49. The second-order valence-corrected chi connectivity index (χ2v) is 7.38. The first-order valence-electron chi connectivity index (χ1n) is 8.16. The minimum absolute atomic E-state index is 0.0670. The SMILES string of the molecule is CCCOC(=O)[C@@H]1[C@@H]2C=C[C@@]3(CN(c4ccc(Br)cc4)C(=O)[C@H]13)O2. The van der Waals surface area contributed by atoms with E-state index in [-0.39, 0.29) is 18.0 Å². The van der Waals surface area contributed by atoms with E-state index in [1.54, 1.807) is 4.90 Å². The van der Waals surface area contributed by atoms with Crippen LogP contribution in [0.4, 0.5) is 5.69 Å². The van der Waals surface area contributed by atoms with E-state index >= 15 is 0 Å². The van der Waals surface area contributed by atoms with Gasteiger partial charge >= 0.3 is 5.97 Å². The van der Waals surface area contributed by atoms with Crippen molar-refractivity contribution in [1.82, 2.24) is 0 Å². The molecule has 2 fully saturated rings. The highest BCUT2D eigenvalue weighted by atomic mass is 79.9. The molecule has 0 aromatic heterocycles. The molecule has 1 amide bonds. The Hall–Kier alpha value is -1.66. The van der Waals surface area contributed by atoms with Crippen molar-refractivity contribution in [3.8, 4) is 0 Å². The molecule has 2 bridgehead atoms. The van der Waals surface area contributed by atoms with Crippen molar-refractivity contribution < 1.29 is 19.1 Å². The summed E-state index contributed by atoms with van der Waals surface area (Å²) >= 11 is 3.40. The van der Waals surface area contributed by atoms with E-state index in [2.05, 4.69) is 15.9 Å². The summed E-state index contributed by atoms with van der Waals surface area (Å²) in [5.41, 5.74) is 0.109. The van der Waals surface area contributed by atoms with Crippen LogP contribution < -0.4 is 4.90 Å². The van der Waals surface area contributed by atoms with E-state index in [0.717, 1.165) is 16.6 Å². The number of esters is 1. The molecule has 5 nitrogen and oxygen atoms in total. The molecule has 0 aliphatic carbocycles. The zero-order chi connectivity index (χ0) is 16.9. The third-order valence-electron chi connectivity index (χ3n) is 4.96. The Kier molecular flexibility index (Phi) is 3.77. The first-order chi connectivity index (χ1) is 11.6. The highest BCUT2D eigenvalue weighted by Gasteiger charge is 2.67. The molecule has 3 heterocycles. The van der Waals surface area contributed by atoms with Crippen LogP contribution in [0.15, 0.2) is 40.9 Å². The quantitative estimate of drug-likeness (QED) is 0.584. The van der Waals surface area contributed by atoms with Crippen LogP contribution in [0.2, 0.25) is 0 Å². The van der Waals surface area contributed by atoms with Crippen LogP contribution in [0.25, 0.3) is 0 Å². The first kappa shape index (κ1) is 15.8. The average molecular weight is 392 g/mol. The number of carbonyl (C=O) groups is 2. The monoisotopic (exact) mass is 391 g/mol. The van der Waals surface area contributed by atoms with Crippen LogP contribution in [0.5, 0.6) is 0 Å². The van der Waals surface area contributed by atoms with Gasteiger partial charge in [-0.2, -0.15) is 0 Å². The van der Waals surface area contributed by atoms with Crippen LogP contribution in [0.1, 0.15) is 13.3 Å². The van der Waals surface area contributed by atoms with Crippen LogP contribution in [0, 0.1) is 11.8 Å². The molecule has 1 aromatic rings. The number of rotatable bonds is 4. The molecule has 126 valence electrons. The minimum Gasteiger partial charge on any atom is -0.465 e. The number of anilines is 1. The van der Waals surface area contributed by atoms with Gasteiger partial charge in [0.15, 0.2) is 0 Å². The van der Waals surface area contributed by atoms with Gasteiger partial charge in [-0.15, -0.1) is 0 Å². The van der Waals surface area contributed by atoms with Crippen LogP contribution in [0.3, 0.4) is 0 Å². The third kappa shape index (κ3) is 2.24. The molecule has 0 radical (unpaired) electrons. The Labute approximate surface area is 148 Å². The number of ether oxygens (including phenoxy) is 2.